The number of fused-ring (bicyclic) bond motifs is 1. The van der Waals surface area contributed by atoms with E-state index in [4.69, 9.17) is 9.72 Å². The van der Waals surface area contributed by atoms with Gasteiger partial charge in [0.05, 0.1) is 12.6 Å². The first-order valence-corrected chi connectivity index (χ1v) is 11.4. The highest BCUT2D eigenvalue weighted by molar-refractivity contribution is 5.59. The van der Waals surface area contributed by atoms with Crippen LogP contribution < -0.4 is 9.64 Å². The van der Waals surface area contributed by atoms with Crippen LogP contribution in [0.1, 0.15) is 24.0 Å². The van der Waals surface area contributed by atoms with Crippen molar-refractivity contribution in [1.82, 2.24) is 19.9 Å². The largest absolute Gasteiger partial charge is 0.508 e. The summed E-state index contributed by atoms with van der Waals surface area (Å²) >= 11 is 0. The molecule has 1 fully saturated rings. The fraction of sp³-hybridized carbons (Fsp3) is 0.400. The van der Waals surface area contributed by atoms with Crippen molar-refractivity contribution in [2.45, 2.75) is 38.0 Å². The molecule has 0 amide bonds. The number of anilines is 1. The number of aromatic hydroxyl groups is 1. The van der Waals surface area contributed by atoms with Crippen molar-refractivity contribution in [2.75, 3.05) is 31.6 Å². The molecule has 3 heterocycles. The molecule has 8 heteroatoms. The van der Waals surface area contributed by atoms with Gasteiger partial charge in [0, 0.05) is 25.2 Å². The van der Waals surface area contributed by atoms with Crippen molar-refractivity contribution in [1.29, 1.82) is 0 Å². The summed E-state index contributed by atoms with van der Waals surface area (Å²) in [6, 6.07) is 15.3. The molecule has 2 aliphatic heterocycles. The van der Waals surface area contributed by atoms with Crippen LogP contribution in [-0.4, -0.2) is 69.0 Å². The van der Waals surface area contributed by atoms with Crippen molar-refractivity contribution in [2.24, 2.45) is 0 Å². The quantitative estimate of drug-likeness (QED) is 0.617. The Labute approximate surface area is 193 Å². The summed E-state index contributed by atoms with van der Waals surface area (Å²) in [4.78, 5) is 18.3. The summed E-state index contributed by atoms with van der Waals surface area (Å²) < 4.78 is 6.23. The van der Waals surface area contributed by atoms with Gasteiger partial charge in [0.2, 0.25) is 5.95 Å². The highest BCUT2D eigenvalue weighted by Gasteiger charge is 2.29. The molecule has 5 rings (SSSR count). The van der Waals surface area contributed by atoms with Crippen molar-refractivity contribution in [3.63, 3.8) is 0 Å². The predicted octanol–water partition coefficient (Wildman–Crippen LogP) is 2.64. The number of likely N-dealkylation sites (tertiary alicyclic amines) is 1. The number of hydrogen-bond acceptors (Lipinski definition) is 8. The van der Waals surface area contributed by atoms with Gasteiger partial charge in [0.15, 0.2) is 5.82 Å². The number of aromatic nitrogens is 3. The van der Waals surface area contributed by atoms with Crippen LogP contribution in [0.15, 0.2) is 48.5 Å². The normalized spacial score (nSPS) is 19.3. The Morgan fingerprint density at radius 3 is 2.55 bits per heavy atom. The molecule has 0 aliphatic carbocycles. The lowest BCUT2D eigenvalue weighted by molar-refractivity contribution is 0.105. The molecule has 8 nitrogen and oxygen atoms in total. The Bertz CT molecular complexity index is 1120. The van der Waals surface area contributed by atoms with Gasteiger partial charge >= 0.3 is 6.01 Å². The Morgan fingerprint density at radius 1 is 1.00 bits per heavy atom. The van der Waals surface area contributed by atoms with Crippen LogP contribution in [0.5, 0.6) is 11.8 Å². The molecular formula is C25H29N5O3. The molecule has 0 saturated carbocycles. The smallest absolute Gasteiger partial charge is 0.322 e. The molecule has 0 bridgehead atoms. The third kappa shape index (κ3) is 4.77. The zero-order chi connectivity index (χ0) is 22.8. The maximum absolute atomic E-state index is 10.1. The summed E-state index contributed by atoms with van der Waals surface area (Å²) in [5.41, 5.74) is 3.11. The van der Waals surface area contributed by atoms with E-state index in [1.54, 1.807) is 18.2 Å². The summed E-state index contributed by atoms with van der Waals surface area (Å²) in [5, 5.41) is 20.1. The van der Waals surface area contributed by atoms with E-state index >= 15 is 0 Å². The second kappa shape index (κ2) is 9.33. The maximum Gasteiger partial charge on any atom is 0.322 e. The molecule has 1 aromatic heterocycles. The maximum atomic E-state index is 10.1. The zero-order valence-corrected chi connectivity index (χ0v) is 18.8. The van der Waals surface area contributed by atoms with Crippen LogP contribution in [0, 0.1) is 0 Å². The van der Waals surface area contributed by atoms with Crippen LogP contribution in [0.4, 0.5) is 5.95 Å². The van der Waals surface area contributed by atoms with Gasteiger partial charge in [-0.3, -0.25) is 0 Å². The molecule has 0 radical (unpaired) electrons. The van der Waals surface area contributed by atoms with Crippen LogP contribution in [0.25, 0.3) is 11.4 Å². The highest BCUT2D eigenvalue weighted by Crippen LogP contribution is 2.30. The third-order valence-corrected chi connectivity index (χ3v) is 6.47. The number of phenols is 1. The number of phenolic OH excluding ortho intramolecular Hbond substituents is 1. The van der Waals surface area contributed by atoms with Crippen molar-refractivity contribution in [3.05, 3.63) is 59.7 Å². The van der Waals surface area contributed by atoms with Crippen LogP contribution >= 0.6 is 0 Å². The second-order valence-corrected chi connectivity index (χ2v) is 8.85. The summed E-state index contributed by atoms with van der Waals surface area (Å²) in [5.74, 6) is 1.06. The molecule has 2 aromatic carbocycles. The van der Waals surface area contributed by atoms with E-state index < -0.39 is 0 Å². The van der Waals surface area contributed by atoms with E-state index in [0.29, 0.717) is 30.3 Å². The molecule has 172 valence electrons. The molecule has 2 aliphatic rings. The van der Waals surface area contributed by atoms with Gasteiger partial charge < -0.3 is 24.7 Å². The topological polar surface area (TPSA) is 94.8 Å². The van der Waals surface area contributed by atoms with E-state index in [1.165, 1.54) is 11.1 Å². The van der Waals surface area contributed by atoms with E-state index in [1.807, 2.05) is 23.1 Å². The molecule has 33 heavy (non-hydrogen) atoms. The number of piperidine rings is 1. The number of aliphatic hydroxyl groups is 1. The Morgan fingerprint density at radius 2 is 1.79 bits per heavy atom. The lowest BCUT2D eigenvalue weighted by atomic mass is 9.94. The van der Waals surface area contributed by atoms with E-state index in [2.05, 4.69) is 34.0 Å². The summed E-state index contributed by atoms with van der Waals surface area (Å²) in [6.45, 7) is 2.53. The van der Waals surface area contributed by atoms with Gasteiger partial charge in [-0.15, -0.1) is 0 Å². The number of aliphatic hydroxyl groups excluding tert-OH is 1. The molecule has 0 unspecified atom stereocenters. The van der Waals surface area contributed by atoms with E-state index in [0.717, 1.165) is 25.9 Å². The van der Waals surface area contributed by atoms with Gasteiger partial charge in [0.25, 0.3) is 0 Å². The van der Waals surface area contributed by atoms with Crippen molar-refractivity contribution >= 4 is 5.95 Å². The molecule has 1 saturated heterocycles. The molecule has 1 atom stereocenters. The molecule has 3 aromatic rings. The number of nitrogens with zero attached hydrogens (tertiary/aromatic N) is 5. The number of benzene rings is 2. The summed E-state index contributed by atoms with van der Waals surface area (Å²) in [6.07, 6.45) is 2.58. The fourth-order valence-electron chi connectivity index (χ4n) is 4.54. The first kappa shape index (κ1) is 21.6. The Balaban J connectivity index is 1.52. The van der Waals surface area contributed by atoms with Gasteiger partial charge in [0.1, 0.15) is 11.9 Å². The third-order valence-electron chi connectivity index (χ3n) is 6.47. The number of rotatable bonds is 5. The van der Waals surface area contributed by atoms with Gasteiger partial charge in [-0.1, -0.05) is 36.4 Å². The van der Waals surface area contributed by atoms with E-state index in [9.17, 15) is 10.2 Å². The number of ether oxygens (including phenoxy) is 1. The molecule has 0 spiro atoms. The second-order valence-electron chi connectivity index (χ2n) is 8.85. The Hall–Kier alpha value is -3.23. The molecule has 2 N–H and O–H groups in total. The number of hydrogen-bond donors (Lipinski definition) is 2. The van der Waals surface area contributed by atoms with Crippen LogP contribution in [0.3, 0.4) is 0 Å². The van der Waals surface area contributed by atoms with Gasteiger partial charge in [-0.05, 0) is 49.6 Å². The minimum atomic E-state index is -0.143. The monoisotopic (exact) mass is 447 g/mol. The highest BCUT2D eigenvalue weighted by atomic mass is 16.5. The minimum Gasteiger partial charge on any atom is -0.508 e. The van der Waals surface area contributed by atoms with Crippen LogP contribution in [-0.2, 0) is 13.0 Å². The Kier molecular flexibility index (Phi) is 6.11. The standard InChI is InChI=1S/C25H29N5O3/c1-29-11-9-22(10-12-29)33-25-27-23(18-7-4-8-21(32)14-18)26-24(28-25)30-15-19-6-3-2-5-17(19)13-20(30)16-31/h2-8,14,20,22,31-32H,9-13,15-16H2,1H3/t20-/m1/s1. The predicted molar refractivity (Wildman–Crippen MR) is 125 cm³/mol. The lowest BCUT2D eigenvalue weighted by Gasteiger charge is -2.36. The summed E-state index contributed by atoms with van der Waals surface area (Å²) in [7, 11) is 2.11. The minimum absolute atomic E-state index is 0.00732. The van der Waals surface area contributed by atoms with Crippen molar-refractivity contribution < 1.29 is 14.9 Å². The van der Waals surface area contributed by atoms with E-state index in [-0.39, 0.29) is 30.5 Å². The van der Waals surface area contributed by atoms with Gasteiger partial charge in [-0.2, -0.15) is 15.0 Å². The fourth-order valence-corrected chi connectivity index (χ4v) is 4.54. The SMILES string of the molecule is CN1CCC(Oc2nc(-c3cccc(O)c3)nc(N3Cc4ccccc4C[C@@H]3CO)n2)CC1. The van der Waals surface area contributed by atoms with Crippen molar-refractivity contribution in [3.8, 4) is 23.1 Å². The molecular weight excluding hydrogens is 418 g/mol. The average molecular weight is 448 g/mol. The first-order valence-electron chi connectivity index (χ1n) is 11.4. The van der Waals surface area contributed by atoms with Crippen LogP contribution in [0.2, 0.25) is 0 Å². The first-order chi connectivity index (χ1) is 16.1. The van der Waals surface area contributed by atoms with Gasteiger partial charge in [-0.25, -0.2) is 0 Å². The zero-order valence-electron chi connectivity index (χ0n) is 18.8. The lowest BCUT2D eigenvalue weighted by Crippen LogP contribution is -2.44. The average Bonchev–Trinajstić information content (AvgIpc) is 2.84.